The van der Waals surface area contributed by atoms with Crippen LogP contribution in [0, 0.1) is 20.8 Å². The molecule has 1 fully saturated rings. The number of aryl methyl sites for hydroxylation is 3. The topological polar surface area (TPSA) is 46.4 Å². The molecule has 0 atom stereocenters. The fourth-order valence-corrected chi connectivity index (χ4v) is 3.76. The minimum atomic E-state index is -0.0940. The zero-order chi connectivity index (χ0) is 18.1. The van der Waals surface area contributed by atoms with Crippen molar-refractivity contribution in [2.75, 3.05) is 0 Å². The van der Waals surface area contributed by atoms with Crippen molar-refractivity contribution >= 4 is 34.6 Å². The molecule has 1 aromatic heterocycles. The average molecular weight is 353 g/mol. The molecule has 0 radical (unpaired) electrons. The van der Waals surface area contributed by atoms with Gasteiger partial charge in [0, 0.05) is 17.9 Å². The van der Waals surface area contributed by atoms with Crippen molar-refractivity contribution in [2.45, 2.75) is 40.7 Å². The number of carbonyl (C=O) groups excluding carboxylic acids is 1. The van der Waals surface area contributed by atoms with Gasteiger partial charge in [0.15, 0.2) is 5.17 Å². The number of carbonyl (C=O) groups is 1. The summed E-state index contributed by atoms with van der Waals surface area (Å²) in [5.74, 6) is -0.0940. The number of hydrogen-bond donors (Lipinski definition) is 1. The van der Waals surface area contributed by atoms with E-state index in [0.29, 0.717) is 16.1 Å². The summed E-state index contributed by atoms with van der Waals surface area (Å²) >= 11 is 1.39. The lowest BCUT2D eigenvalue weighted by atomic mass is 10.1. The number of nitrogens with one attached hydrogen (secondary N) is 1. The maximum Gasteiger partial charge on any atom is 0.264 e. The van der Waals surface area contributed by atoms with E-state index < -0.39 is 0 Å². The van der Waals surface area contributed by atoms with Gasteiger partial charge in [-0.2, -0.15) is 0 Å². The molecule has 1 amide bonds. The van der Waals surface area contributed by atoms with E-state index in [1.54, 1.807) is 0 Å². The second-order valence-corrected chi connectivity index (χ2v) is 7.72. The third-order valence-electron chi connectivity index (χ3n) is 4.15. The van der Waals surface area contributed by atoms with Crippen molar-refractivity contribution in [2.24, 2.45) is 4.99 Å². The van der Waals surface area contributed by atoms with Gasteiger partial charge in [0.05, 0.1) is 10.6 Å². The highest BCUT2D eigenvalue weighted by Crippen LogP contribution is 2.30. The molecule has 2 heterocycles. The van der Waals surface area contributed by atoms with Gasteiger partial charge < -0.3 is 9.88 Å². The zero-order valence-electron chi connectivity index (χ0n) is 15.3. The van der Waals surface area contributed by atoms with Gasteiger partial charge in [-0.05, 0) is 75.7 Å². The number of thioether (sulfide) groups is 1. The Morgan fingerprint density at radius 2 is 1.96 bits per heavy atom. The standard InChI is InChI=1S/C20H23N3OS/c1-12(2)23-11-16(9-15(23)5)10-18-19(24)22-20(25-18)21-17-7-6-13(3)8-14(17)4/h6-12H,1-5H3,(H,21,22,24)/b18-10+. The van der Waals surface area contributed by atoms with Crippen LogP contribution in [0.3, 0.4) is 0 Å². The minimum absolute atomic E-state index is 0.0940. The number of nitrogens with zero attached hydrogens (tertiary/aromatic N) is 2. The van der Waals surface area contributed by atoms with Crippen LogP contribution in [0.15, 0.2) is 40.4 Å². The smallest absolute Gasteiger partial charge is 0.264 e. The number of amides is 1. The van der Waals surface area contributed by atoms with Crippen LogP contribution in [-0.2, 0) is 4.79 Å². The lowest BCUT2D eigenvalue weighted by molar-refractivity contribution is -0.115. The first kappa shape index (κ1) is 17.5. The Balaban J connectivity index is 1.85. The number of hydrogen-bond acceptors (Lipinski definition) is 3. The molecule has 1 saturated heterocycles. The summed E-state index contributed by atoms with van der Waals surface area (Å²) in [5.41, 5.74) is 5.42. The van der Waals surface area contributed by atoms with Crippen LogP contribution in [0.1, 0.15) is 42.3 Å². The van der Waals surface area contributed by atoms with Crippen molar-refractivity contribution in [1.82, 2.24) is 9.88 Å². The van der Waals surface area contributed by atoms with Crippen LogP contribution in [0.5, 0.6) is 0 Å². The summed E-state index contributed by atoms with van der Waals surface area (Å²) in [5, 5.41) is 3.49. The molecule has 25 heavy (non-hydrogen) atoms. The van der Waals surface area contributed by atoms with Gasteiger partial charge in [-0.3, -0.25) is 4.79 Å². The molecule has 1 aliphatic heterocycles. The van der Waals surface area contributed by atoms with Crippen molar-refractivity contribution in [3.63, 3.8) is 0 Å². The Kier molecular flexibility index (Phi) is 4.86. The molecular formula is C20H23N3OS. The normalized spacial score (nSPS) is 17.8. The van der Waals surface area contributed by atoms with Crippen molar-refractivity contribution in [1.29, 1.82) is 0 Å². The molecule has 5 heteroatoms. The summed E-state index contributed by atoms with van der Waals surface area (Å²) in [6, 6.07) is 8.61. The van der Waals surface area contributed by atoms with E-state index in [0.717, 1.165) is 16.8 Å². The molecule has 2 aromatic rings. The van der Waals surface area contributed by atoms with Crippen LogP contribution in [0.2, 0.25) is 0 Å². The minimum Gasteiger partial charge on any atom is -0.349 e. The summed E-state index contributed by atoms with van der Waals surface area (Å²) < 4.78 is 2.20. The van der Waals surface area contributed by atoms with Gasteiger partial charge in [-0.1, -0.05) is 17.7 Å². The Morgan fingerprint density at radius 1 is 1.20 bits per heavy atom. The quantitative estimate of drug-likeness (QED) is 0.799. The van der Waals surface area contributed by atoms with Gasteiger partial charge >= 0.3 is 0 Å². The molecule has 0 spiro atoms. The summed E-state index contributed by atoms with van der Waals surface area (Å²) in [6.07, 6.45) is 4.01. The first-order chi connectivity index (χ1) is 11.8. The molecule has 1 aliphatic rings. The predicted molar refractivity (Wildman–Crippen MR) is 106 cm³/mol. The van der Waals surface area contributed by atoms with Crippen LogP contribution in [-0.4, -0.2) is 15.6 Å². The van der Waals surface area contributed by atoms with E-state index in [1.807, 2.05) is 25.1 Å². The molecule has 0 aliphatic carbocycles. The van der Waals surface area contributed by atoms with Gasteiger partial charge in [-0.25, -0.2) is 4.99 Å². The first-order valence-corrected chi connectivity index (χ1v) is 9.20. The van der Waals surface area contributed by atoms with Crippen molar-refractivity contribution < 1.29 is 4.79 Å². The molecule has 3 rings (SSSR count). The molecule has 4 nitrogen and oxygen atoms in total. The van der Waals surface area contributed by atoms with Crippen LogP contribution in [0.4, 0.5) is 5.69 Å². The summed E-state index contributed by atoms with van der Waals surface area (Å²) in [4.78, 5) is 17.5. The molecule has 0 bridgehead atoms. The Labute approximate surface area is 153 Å². The first-order valence-electron chi connectivity index (χ1n) is 8.39. The molecule has 1 aromatic carbocycles. The van der Waals surface area contributed by atoms with Gasteiger partial charge in [0.2, 0.25) is 0 Å². The number of rotatable bonds is 3. The second-order valence-electron chi connectivity index (χ2n) is 6.69. The number of amidine groups is 1. The zero-order valence-corrected chi connectivity index (χ0v) is 16.1. The van der Waals surface area contributed by atoms with E-state index in [-0.39, 0.29) is 5.91 Å². The van der Waals surface area contributed by atoms with E-state index in [1.165, 1.54) is 23.0 Å². The van der Waals surface area contributed by atoms with E-state index in [9.17, 15) is 4.79 Å². The maximum absolute atomic E-state index is 12.3. The molecular weight excluding hydrogens is 330 g/mol. The Hall–Kier alpha value is -2.27. The molecule has 1 N–H and O–H groups in total. The average Bonchev–Trinajstić information content (AvgIpc) is 3.05. The Morgan fingerprint density at radius 3 is 2.60 bits per heavy atom. The van der Waals surface area contributed by atoms with Gasteiger partial charge in [-0.15, -0.1) is 0 Å². The Bertz CT molecular complexity index is 890. The third-order valence-corrected chi connectivity index (χ3v) is 5.06. The number of benzene rings is 1. The monoisotopic (exact) mass is 353 g/mol. The number of aromatic nitrogens is 1. The van der Waals surface area contributed by atoms with Crippen molar-refractivity contribution in [3.05, 3.63) is 57.8 Å². The summed E-state index contributed by atoms with van der Waals surface area (Å²) in [7, 11) is 0. The van der Waals surface area contributed by atoms with E-state index >= 15 is 0 Å². The lowest BCUT2D eigenvalue weighted by Crippen LogP contribution is -2.19. The SMILES string of the molecule is Cc1ccc(N=C2NC(=O)/C(=C\c3cc(C)n(C(C)C)c3)S2)c(C)c1. The fourth-order valence-electron chi connectivity index (χ4n) is 2.92. The van der Waals surface area contributed by atoms with Gasteiger partial charge in [0.25, 0.3) is 5.91 Å². The van der Waals surface area contributed by atoms with Crippen LogP contribution >= 0.6 is 11.8 Å². The summed E-state index contributed by atoms with van der Waals surface area (Å²) in [6.45, 7) is 10.5. The third kappa shape index (κ3) is 3.87. The fraction of sp³-hybridized carbons (Fsp3) is 0.300. The van der Waals surface area contributed by atoms with E-state index in [2.05, 4.69) is 60.9 Å². The van der Waals surface area contributed by atoms with Crippen molar-refractivity contribution in [3.8, 4) is 0 Å². The molecule has 130 valence electrons. The van der Waals surface area contributed by atoms with E-state index in [4.69, 9.17) is 0 Å². The van der Waals surface area contributed by atoms with Crippen LogP contribution in [0.25, 0.3) is 6.08 Å². The molecule has 0 unspecified atom stereocenters. The van der Waals surface area contributed by atoms with Gasteiger partial charge in [0.1, 0.15) is 0 Å². The maximum atomic E-state index is 12.3. The highest BCUT2D eigenvalue weighted by Gasteiger charge is 2.24. The highest BCUT2D eigenvalue weighted by molar-refractivity contribution is 8.18. The van der Waals surface area contributed by atoms with Crippen LogP contribution < -0.4 is 5.32 Å². The highest BCUT2D eigenvalue weighted by atomic mass is 32.2. The lowest BCUT2D eigenvalue weighted by Gasteiger charge is -2.08. The molecule has 0 saturated carbocycles. The predicted octanol–water partition coefficient (Wildman–Crippen LogP) is 4.89. The second kappa shape index (κ2) is 6.92. The largest absolute Gasteiger partial charge is 0.349 e. The number of aliphatic imine (C=N–C) groups is 1.